The number of tetrazole rings is 1. The van der Waals surface area contributed by atoms with Gasteiger partial charge in [0.1, 0.15) is 11.5 Å². The van der Waals surface area contributed by atoms with Crippen molar-refractivity contribution >= 4 is 23.1 Å². The highest BCUT2D eigenvalue weighted by Gasteiger charge is 2.35. The molecule has 176 valence electrons. The number of nitrogens with zero attached hydrogens (tertiary/aromatic N) is 8. The number of carbonyl (C=O) groups excluding carboxylic acids is 1. The Hall–Kier alpha value is -3.68. The first-order valence-electron chi connectivity index (χ1n) is 10.4. The summed E-state index contributed by atoms with van der Waals surface area (Å²) < 4.78 is 44.1. The molecule has 4 heterocycles. The van der Waals surface area contributed by atoms with Gasteiger partial charge in [0.25, 0.3) is 5.91 Å². The Morgan fingerprint density at radius 3 is 2.76 bits per heavy atom. The summed E-state index contributed by atoms with van der Waals surface area (Å²) in [6.45, 7) is 3.83. The molecule has 4 aromatic heterocycles. The Bertz CT molecular complexity index is 1350. The van der Waals surface area contributed by atoms with Crippen molar-refractivity contribution < 1.29 is 18.0 Å². The fraction of sp³-hybridized carbons (Fsp3) is 0.350. The Morgan fingerprint density at radius 1 is 1.26 bits per heavy atom. The Labute approximate surface area is 194 Å². The normalized spacial score (nSPS) is 14.1. The van der Waals surface area contributed by atoms with Gasteiger partial charge in [-0.2, -0.15) is 18.3 Å². The second-order valence-corrected chi connectivity index (χ2v) is 8.94. The molecule has 1 amide bonds. The molecule has 1 saturated carbocycles. The van der Waals surface area contributed by atoms with E-state index >= 15 is 0 Å². The summed E-state index contributed by atoms with van der Waals surface area (Å²) in [6, 6.07) is 1.34. The van der Waals surface area contributed by atoms with Gasteiger partial charge in [0, 0.05) is 28.9 Å². The molecule has 0 saturated heterocycles. The van der Waals surface area contributed by atoms with Crippen molar-refractivity contribution in [1.29, 1.82) is 0 Å². The minimum atomic E-state index is -4.64. The second-order valence-electron chi connectivity index (χ2n) is 8.09. The van der Waals surface area contributed by atoms with Crippen LogP contribution in [0.15, 0.2) is 30.0 Å². The van der Waals surface area contributed by atoms with Crippen LogP contribution in [-0.2, 0) is 6.18 Å². The van der Waals surface area contributed by atoms with Crippen LogP contribution in [0.4, 0.5) is 19.0 Å². The molecule has 1 aliphatic carbocycles. The van der Waals surface area contributed by atoms with Gasteiger partial charge in [-0.1, -0.05) is 0 Å². The molecule has 10 nitrogen and oxygen atoms in total. The van der Waals surface area contributed by atoms with Crippen molar-refractivity contribution in [2.75, 3.05) is 5.32 Å². The van der Waals surface area contributed by atoms with Gasteiger partial charge in [0.05, 0.1) is 23.8 Å². The minimum Gasteiger partial charge on any atom is -0.304 e. The first-order chi connectivity index (χ1) is 16.2. The Kier molecular flexibility index (Phi) is 5.38. The maximum atomic E-state index is 13.6. The summed E-state index contributed by atoms with van der Waals surface area (Å²) in [7, 11) is 0. The first-order valence-corrected chi connectivity index (χ1v) is 11.3. The molecule has 0 aromatic carbocycles. The quantitative estimate of drug-likeness (QED) is 0.431. The van der Waals surface area contributed by atoms with Gasteiger partial charge < -0.3 is 5.32 Å². The van der Waals surface area contributed by atoms with Crippen molar-refractivity contribution in [2.45, 2.75) is 44.9 Å². The van der Waals surface area contributed by atoms with E-state index in [-0.39, 0.29) is 34.7 Å². The fourth-order valence-electron chi connectivity index (χ4n) is 3.36. The molecule has 5 rings (SSSR count). The van der Waals surface area contributed by atoms with Crippen LogP contribution in [-0.4, -0.2) is 45.9 Å². The summed E-state index contributed by atoms with van der Waals surface area (Å²) in [5.41, 5.74) is -0.999. The van der Waals surface area contributed by atoms with Crippen LogP contribution >= 0.6 is 11.3 Å². The predicted octanol–water partition coefficient (Wildman–Crippen LogP) is 4.24. The van der Waals surface area contributed by atoms with Gasteiger partial charge in [-0.3, -0.25) is 14.5 Å². The molecule has 4 aromatic rings. The second kappa shape index (κ2) is 8.27. The van der Waals surface area contributed by atoms with Crippen LogP contribution in [0.25, 0.3) is 22.0 Å². The van der Waals surface area contributed by atoms with Crippen LogP contribution in [0.1, 0.15) is 54.8 Å². The number of hydrogen-bond acceptors (Lipinski definition) is 8. The lowest BCUT2D eigenvalue weighted by molar-refractivity contribution is -0.137. The number of amides is 1. The third-order valence-electron chi connectivity index (χ3n) is 5.19. The number of pyridine rings is 1. The summed E-state index contributed by atoms with van der Waals surface area (Å²) in [5, 5.41) is 20.4. The zero-order chi connectivity index (χ0) is 24.0. The number of hydrogen-bond donors (Lipinski definition) is 1. The number of carbonyl (C=O) groups is 1. The molecule has 34 heavy (non-hydrogen) atoms. The van der Waals surface area contributed by atoms with Crippen molar-refractivity contribution in [2.24, 2.45) is 0 Å². The van der Waals surface area contributed by atoms with E-state index in [1.807, 2.05) is 13.8 Å². The summed E-state index contributed by atoms with van der Waals surface area (Å²) >= 11 is 1.22. The maximum Gasteiger partial charge on any atom is 0.418 e. The van der Waals surface area contributed by atoms with Gasteiger partial charge >= 0.3 is 6.18 Å². The molecule has 0 spiro atoms. The van der Waals surface area contributed by atoms with E-state index in [9.17, 15) is 18.0 Å². The molecular weight excluding hydrogens is 471 g/mol. The monoisotopic (exact) mass is 489 g/mol. The smallest absolute Gasteiger partial charge is 0.304 e. The zero-order valence-corrected chi connectivity index (χ0v) is 18.8. The molecule has 1 aliphatic rings. The number of aromatic nitrogens is 8. The van der Waals surface area contributed by atoms with E-state index in [1.165, 1.54) is 17.5 Å². The highest BCUT2D eigenvalue weighted by molar-refractivity contribution is 7.13. The Balaban J connectivity index is 1.42. The third-order valence-corrected chi connectivity index (χ3v) is 6.03. The highest BCUT2D eigenvalue weighted by Crippen LogP contribution is 2.39. The molecule has 0 aliphatic heterocycles. The largest absolute Gasteiger partial charge is 0.418 e. The SMILES string of the molecule is CC(C)n1nnnc1-c1nc(NC(=O)c2cc(-c3cnn(C4CC4)c3)c(C(F)(F)F)cn2)cs1. The zero-order valence-electron chi connectivity index (χ0n) is 18.0. The van der Waals surface area contributed by atoms with E-state index < -0.39 is 17.6 Å². The van der Waals surface area contributed by atoms with E-state index in [2.05, 4.69) is 35.9 Å². The maximum absolute atomic E-state index is 13.6. The van der Waals surface area contributed by atoms with Crippen LogP contribution in [0.3, 0.4) is 0 Å². The lowest BCUT2D eigenvalue weighted by Gasteiger charge is -2.12. The molecule has 0 bridgehead atoms. The first kappa shape index (κ1) is 22.1. The van der Waals surface area contributed by atoms with Gasteiger partial charge in [0.15, 0.2) is 5.01 Å². The summed E-state index contributed by atoms with van der Waals surface area (Å²) in [6.07, 6.45) is 0.851. The number of thiazole rings is 1. The van der Waals surface area contributed by atoms with E-state index in [4.69, 9.17) is 0 Å². The molecule has 0 radical (unpaired) electrons. The van der Waals surface area contributed by atoms with E-state index in [0.29, 0.717) is 17.0 Å². The standard InChI is InChI=1S/C20H18F3N9OS/c1-10(2)32-17(28-29-30-32)19-27-16(9-34-19)26-18(33)15-5-13(14(7-24-15)20(21,22)23)11-6-25-31(8-11)12-3-4-12/h5-10,12H,3-4H2,1-2H3,(H,26,33). The van der Waals surface area contributed by atoms with Crippen LogP contribution in [0, 0.1) is 0 Å². The molecule has 1 fully saturated rings. The highest BCUT2D eigenvalue weighted by atomic mass is 32.1. The average molecular weight is 489 g/mol. The molecule has 0 atom stereocenters. The molecule has 14 heteroatoms. The predicted molar refractivity (Wildman–Crippen MR) is 116 cm³/mol. The average Bonchev–Trinajstić information content (AvgIpc) is 3.20. The van der Waals surface area contributed by atoms with Gasteiger partial charge in [0.2, 0.25) is 5.82 Å². The number of alkyl halides is 3. The van der Waals surface area contributed by atoms with Gasteiger partial charge in [-0.05, 0) is 43.2 Å². The summed E-state index contributed by atoms with van der Waals surface area (Å²) in [5.74, 6) is -0.0268. The van der Waals surface area contributed by atoms with Crippen LogP contribution in [0.2, 0.25) is 0 Å². The van der Waals surface area contributed by atoms with Crippen LogP contribution < -0.4 is 5.32 Å². The van der Waals surface area contributed by atoms with Gasteiger partial charge in [-0.15, -0.1) is 16.4 Å². The lowest BCUT2D eigenvalue weighted by Crippen LogP contribution is -2.16. The number of nitrogens with one attached hydrogen (secondary N) is 1. The number of rotatable bonds is 6. The number of anilines is 1. The third kappa shape index (κ3) is 4.27. The van der Waals surface area contributed by atoms with Crippen molar-refractivity contribution in [3.8, 4) is 22.0 Å². The van der Waals surface area contributed by atoms with Crippen LogP contribution in [0.5, 0.6) is 0 Å². The molecule has 1 N–H and O–H groups in total. The fourth-order valence-corrected chi connectivity index (χ4v) is 4.08. The van der Waals surface area contributed by atoms with Crippen molar-refractivity contribution in [1.82, 2.24) is 40.0 Å². The molecular formula is C20H18F3N9OS. The summed E-state index contributed by atoms with van der Waals surface area (Å²) in [4.78, 5) is 20.9. The molecule has 0 unspecified atom stereocenters. The van der Waals surface area contributed by atoms with Crippen molar-refractivity contribution in [3.05, 3.63) is 41.3 Å². The van der Waals surface area contributed by atoms with E-state index in [1.54, 1.807) is 20.9 Å². The van der Waals surface area contributed by atoms with E-state index in [0.717, 1.165) is 18.9 Å². The lowest BCUT2D eigenvalue weighted by atomic mass is 10.0. The number of halogens is 3. The minimum absolute atomic E-state index is 0.00554. The Morgan fingerprint density at radius 2 is 2.06 bits per heavy atom. The van der Waals surface area contributed by atoms with Gasteiger partial charge in [-0.25, -0.2) is 9.67 Å². The van der Waals surface area contributed by atoms with Crippen molar-refractivity contribution in [3.63, 3.8) is 0 Å². The topological polar surface area (TPSA) is 116 Å².